The second kappa shape index (κ2) is 8.49. The van der Waals surface area contributed by atoms with Crippen LogP contribution in [0, 0.1) is 0 Å². The lowest BCUT2D eigenvalue weighted by molar-refractivity contribution is -0.147. The zero-order valence-corrected chi connectivity index (χ0v) is 15.6. The lowest BCUT2D eigenvalue weighted by Crippen LogP contribution is -2.37. The standard InChI is InChI=1S/C19H22N2O5S/c22-18(21-16-7-3-4-8-16)13-26-19(23)12-20-27(24,25)17-10-9-14-5-1-2-6-15(14)11-17/h1-2,5-6,9-11,16,20H,3-4,7-8,12-13H2,(H,21,22). The number of amides is 1. The number of rotatable bonds is 7. The second-order valence-electron chi connectivity index (χ2n) is 6.54. The third-order valence-electron chi connectivity index (χ3n) is 4.52. The minimum atomic E-state index is -3.86. The average Bonchev–Trinajstić information content (AvgIpc) is 3.17. The predicted octanol–water partition coefficient (Wildman–Crippen LogP) is 1.72. The van der Waals surface area contributed by atoms with E-state index in [-0.39, 0.29) is 16.8 Å². The van der Waals surface area contributed by atoms with Crippen LogP contribution in [0.25, 0.3) is 10.8 Å². The van der Waals surface area contributed by atoms with Crippen molar-refractivity contribution in [3.05, 3.63) is 42.5 Å². The number of benzene rings is 2. The van der Waals surface area contributed by atoms with Crippen molar-refractivity contribution in [2.75, 3.05) is 13.2 Å². The Labute approximate surface area is 158 Å². The highest BCUT2D eigenvalue weighted by molar-refractivity contribution is 7.89. The van der Waals surface area contributed by atoms with Crippen LogP contribution in [-0.2, 0) is 24.3 Å². The number of sulfonamides is 1. The van der Waals surface area contributed by atoms with E-state index in [0.29, 0.717) is 0 Å². The topological polar surface area (TPSA) is 102 Å². The molecule has 8 heteroatoms. The molecule has 0 atom stereocenters. The van der Waals surface area contributed by atoms with Gasteiger partial charge in [-0.3, -0.25) is 9.59 Å². The van der Waals surface area contributed by atoms with Gasteiger partial charge in [-0.2, -0.15) is 4.72 Å². The van der Waals surface area contributed by atoms with Gasteiger partial charge >= 0.3 is 5.97 Å². The van der Waals surface area contributed by atoms with Crippen LogP contribution in [0.2, 0.25) is 0 Å². The summed E-state index contributed by atoms with van der Waals surface area (Å²) in [5.41, 5.74) is 0. The molecule has 2 aromatic rings. The van der Waals surface area contributed by atoms with Gasteiger partial charge in [-0.05, 0) is 35.7 Å². The molecule has 0 unspecified atom stereocenters. The number of hydrogen-bond donors (Lipinski definition) is 2. The summed E-state index contributed by atoms with van der Waals surface area (Å²) in [5.74, 6) is -1.17. The Morgan fingerprint density at radius 1 is 1.04 bits per heavy atom. The number of hydrogen-bond acceptors (Lipinski definition) is 5. The first-order valence-corrected chi connectivity index (χ1v) is 10.4. The summed E-state index contributed by atoms with van der Waals surface area (Å²) in [5, 5.41) is 4.50. The molecule has 0 spiro atoms. The molecule has 144 valence electrons. The fourth-order valence-corrected chi connectivity index (χ4v) is 4.11. The molecule has 0 heterocycles. The zero-order valence-electron chi connectivity index (χ0n) is 14.8. The Kier molecular flexibility index (Phi) is 6.08. The average molecular weight is 390 g/mol. The van der Waals surface area contributed by atoms with Gasteiger partial charge in [-0.25, -0.2) is 8.42 Å². The number of carbonyl (C=O) groups excluding carboxylic acids is 2. The summed E-state index contributed by atoms with van der Waals surface area (Å²) in [7, 11) is -3.86. The molecule has 3 rings (SSSR count). The van der Waals surface area contributed by atoms with Crippen molar-refractivity contribution >= 4 is 32.7 Å². The quantitative estimate of drug-likeness (QED) is 0.701. The van der Waals surface area contributed by atoms with Gasteiger partial charge in [0.15, 0.2) is 6.61 Å². The first-order valence-electron chi connectivity index (χ1n) is 8.87. The van der Waals surface area contributed by atoms with Gasteiger partial charge in [0, 0.05) is 6.04 Å². The van der Waals surface area contributed by atoms with Crippen molar-refractivity contribution in [3.63, 3.8) is 0 Å². The fourth-order valence-electron chi connectivity index (χ4n) is 3.11. The van der Waals surface area contributed by atoms with Crippen LogP contribution >= 0.6 is 0 Å². The van der Waals surface area contributed by atoms with Gasteiger partial charge in [0.1, 0.15) is 6.54 Å². The molecule has 1 fully saturated rings. The van der Waals surface area contributed by atoms with Crippen molar-refractivity contribution in [3.8, 4) is 0 Å². The van der Waals surface area contributed by atoms with Crippen molar-refractivity contribution in [1.29, 1.82) is 0 Å². The molecular weight excluding hydrogens is 368 g/mol. The smallest absolute Gasteiger partial charge is 0.321 e. The Morgan fingerprint density at radius 3 is 2.48 bits per heavy atom. The van der Waals surface area contributed by atoms with Crippen LogP contribution in [0.1, 0.15) is 25.7 Å². The summed E-state index contributed by atoms with van der Waals surface area (Å²) in [4.78, 5) is 23.5. The van der Waals surface area contributed by atoms with Crippen LogP contribution in [0.3, 0.4) is 0 Å². The molecule has 1 amide bonds. The normalized spacial score (nSPS) is 15.0. The van der Waals surface area contributed by atoms with Crippen molar-refractivity contribution < 1.29 is 22.7 Å². The molecule has 0 aliphatic heterocycles. The molecule has 0 radical (unpaired) electrons. The molecule has 0 aromatic heterocycles. The van der Waals surface area contributed by atoms with Gasteiger partial charge in [-0.1, -0.05) is 43.2 Å². The number of ether oxygens (including phenoxy) is 1. The van der Waals surface area contributed by atoms with E-state index < -0.39 is 29.1 Å². The Morgan fingerprint density at radius 2 is 1.74 bits per heavy atom. The summed E-state index contributed by atoms with van der Waals surface area (Å²) < 4.78 is 31.7. The summed E-state index contributed by atoms with van der Waals surface area (Å²) in [6, 6.07) is 12.2. The third-order valence-corrected chi connectivity index (χ3v) is 5.92. The van der Waals surface area contributed by atoms with Crippen LogP contribution in [0.5, 0.6) is 0 Å². The highest BCUT2D eigenvalue weighted by Crippen LogP contribution is 2.19. The third kappa shape index (κ3) is 5.27. The Hall–Kier alpha value is -2.45. The summed E-state index contributed by atoms with van der Waals surface area (Å²) in [6.45, 7) is -0.946. The minimum Gasteiger partial charge on any atom is -0.455 e. The van der Waals surface area contributed by atoms with Crippen LogP contribution in [0.4, 0.5) is 0 Å². The van der Waals surface area contributed by atoms with E-state index in [2.05, 4.69) is 10.0 Å². The van der Waals surface area contributed by atoms with Gasteiger partial charge in [0.2, 0.25) is 10.0 Å². The van der Waals surface area contributed by atoms with E-state index in [1.807, 2.05) is 24.3 Å². The van der Waals surface area contributed by atoms with Crippen LogP contribution < -0.4 is 10.0 Å². The monoisotopic (exact) mass is 390 g/mol. The lowest BCUT2D eigenvalue weighted by atomic mass is 10.1. The Balaban J connectivity index is 1.49. The van der Waals surface area contributed by atoms with Crippen molar-refractivity contribution in [1.82, 2.24) is 10.0 Å². The molecule has 0 saturated heterocycles. The predicted molar refractivity (Wildman–Crippen MR) is 100 cm³/mol. The number of nitrogens with one attached hydrogen (secondary N) is 2. The maximum absolute atomic E-state index is 12.4. The first kappa shape index (κ1) is 19.3. The van der Waals surface area contributed by atoms with Crippen molar-refractivity contribution in [2.45, 2.75) is 36.6 Å². The molecule has 7 nitrogen and oxygen atoms in total. The van der Waals surface area contributed by atoms with Gasteiger partial charge in [0.05, 0.1) is 4.90 Å². The van der Waals surface area contributed by atoms with Gasteiger partial charge in [0.25, 0.3) is 5.91 Å². The number of esters is 1. The maximum atomic E-state index is 12.4. The first-order chi connectivity index (χ1) is 12.9. The van der Waals surface area contributed by atoms with Gasteiger partial charge < -0.3 is 10.1 Å². The maximum Gasteiger partial charge on any atom is 0.321 e. The van der Waals surface area contributed by atoms with E-state index >= 15 is 0 Å². The van der Waals surface area contributed by atoms with Gasteiger partial charge in [-0.15, -0.1) is 0 Å². The number of carbonyl (C=O) groups is 2. The van der Waals surface area contributed by atoms with Crippen molar-refractivity contribution in [2.24, 2.45) is 0 Å². The highest BCUT2D eigenvalue weighted by atomic mass is 32.2. The second-order valence-corrected chi connectivity index (χ2v) is 8.31. The molecule has 2 aromatic carbocycles. The van der Waals surface area contributed by atoms with E-state index in [0.717, 1.165) is 36.5 Å². The summed E-state index contributed by atoms with van der Waals surface area (Å²) >= 11 is 0. The summed E-state index contributed by atoms with van der Waals surface area (Å²) in [6.07, 6.45) is 4.04. The van der Waals surface area contributed by atoms with Crippen LogP contribution in [0.15, 0.2) is 47.4 Å². The molecule has 27 heavy (non-hydrogen) atoms. The Bertz CT molecular complexity index is 936. The largest absolute Gasteiger partial charge is 0.455 e. The lowest BCUT2D eigenvalue weighted by Gasteiger charge is -2.12. The number of fused-ring (bicyclic) bond motifs is 1. The van der Waals surface area contributed by atoms with E-state index in [1.165, 1.54) is 12.1 Å². The zero-order chi connectivity index (χ0) is 19.3. The van der Waals surface area contributed by atoms with E-state index in [4.69, 9.17) is 4.74 Å². The molecular formula is C19H22N2O5S. The highest BCUT2D eigenvalue weighted by Gasteiger charge is 2.19. The van der Waals surface area contributed by atoms with E-state index in [9.17, 15) is 18.0 Å². The SMILES string of the molecule is O=C(COC(=O)CNS(=O)(=O)c1ccc2ccccc2c1)NC1CCCC1. The fraction of sp³-hybridized carbons (Fsp3) is 0.368. The molecule has 1 aliphatic carbocycles. The molecule has 1 saturated carbocycles. The van der Waals surface area contributed by atoms with E-state index in [1.54, 1.807) is 6.07 Å². The van der Waals surface area contributed by atoms with Crippen LogP contribution in [-0.4, -0.2) is 39.5 Å². The molecule has 2 N–H and O–H groups in total. The molecule has 1 aliphatic rings. The molecule has 0 bridgehead atoms. The minimum absolute atomic E-state index is 0.0629.